The minimum Gasteiger partial charge on any atom is -0.488 e. The molecule has 12 heavy (non-hydrogen) atoms. The van der Waals surface area contributed by atoms with E-state index < -0.39 is 23.8 Å². The van der Waals surface area contributed by atoms with Gasteiger partial charge < -0.3 is 4.74 Å². The molecule has 0 amide bonds. The summed E-state index contributed by atoms with van der Waals surface area (Å²) in [6.45, 7) is 5.15. The number of aromatic nitrogens is 1. The fourth-order valence-electron chi connectivity index (χ4n) is 0.638. The first-order valence-corrected chi connectivity index (χ1v) is 3.54. The fourth-order valence-corrected chi connectivity index (χ4v) is 0.638. The summed E-state index contributed by atoms with van der Waals surface area (Å²) < 4.78 is 40.3. The van der Waals surface area contributed by atoms with Crippen LogP contribution in [0.1, 0.15) is 24.9 Å². The van der Waals surface area contributed by atoms with Crippen LogP contribution in [-0.4, -0.2) is 10.6 Å². The number of ether oxygens (including phenoxy) is 1. The number of hydrogen-bond donors (Lipinski definition) is 0. The summed E-state index contributed by atoms with van der Waals surface area (Å²) in [4.78, 5) is 3.11. The summed E-state index contributed by atoms with van der Waals surface area (Å²) >= 11 is 0. The molecule has 0 saturated heterocycles. The molecule has 1 aromatic heterocycles. The van der Waals surface area contributed by atoms with Gasteiger partial charge >= 0.3 is 0 Å². The van der Waals surface area contributed by atoms with Crippen LogP contribution in [0.3, 0.4) is 0 Å². The molecule has 66 valence electrons. The van der Waals surface area contributed by atoms with Crippen molar-refractivity contribution in [1.82, 2.24) is 4.98 Å². The average molecular weight is 172 g/mol. The van der Waals surface area contributed by atoms with E-state index in [9.17, 15) is 4.39 Å². The molecule has 0 saturated carbocycles. The molecule has 0 aromatic carbocycles. The largest absolute Gasteiger partial charge is 0.488 e. The van der Waals surface area contributed by atoms with Gasteiger partial charge in [0.25, 0.3) is 0 Å². The summed E-state index contributed by atoms with van der Waals surface area (Å²) in [6.07, 6.45) is -0.525. The standard InChI is InChI=1S/C9H12FNO/c1-9(2,3)12-7-4-5-11-8(10)6-7/h4-6H,1-3H3/i4D,5D,6D. The molecule has 0 bridgehead atoms. The molecule has 0 fully saturated rings. The highest BCUT2D eigenvalue weighted by atomic mass is 19.1. The summed E-state index contributed by atoms with van der Waals surface area (Å²) in [5.74, 6) is -1.32. The van der Waals surface area contributed by atoms with Crippen LogP contribution in [0.5, 0.6) is 5.75 Å². The first-order valence-electron chi connectivity index (χ1n) is 5.04. The van der Waals surface area contributed by atoms with Gasteiger partial charge in [0.2, 0.25) is 5.95 Å². The molecule has 2 nitrogen and oxygen atoms in total. The van der Waals surface area contributed by atoms with Crippen molar-refractivity contribution >= 4 is 0 Å². The average Bonchev–Trinajstić information content (AvgIpc) is 2.08. The fraction of sp³-hybridized carbons (Fsp3) is 0.444. The van der Waals surface area contributed by atoms with Crippen molar-refractivity contribution in [2.24, 2.45) is 0 Å². The van der Waals surface area contributed by atoms with E-state index in [1.165, 1.54) is 0 Å². The van der Waals surface area contributed by atoms with E-state index in [1.807, 2.05) is 0 Å². The first kappa shape index (κ1) is 5.51. The molecule has 0 atom stereocenters. The van der Waals surface area contributed by atoms with E-state index in [0.29, 0.717) is 0 Å². The van der Waals surface area contributed by atoms with Gasteiger partial charge in [-0.1, -0.05) is 0 Å². The van der Waals surface area contributed by atoms with Crippen molar-refractivity contribution in [3.05, 3.63) is 24.2 Å². The number of pyridine rings is 1. The van der Waals surface area contributed by atoms with Crippen LogP contribution in [-0.2, 0) is 0 Å². The minimum absolute atomic E-state index is 0.236. The van der Waals surface area contributed by atoms with E-state index in [0.717, 1.165) is 0 Å². The van der Waals surface area contributed by atoms with Gasteiger partial charge in [0.05, 0.1) is 4.11 Å². The molecule has 0 unspecified atom stereocenters. The number of hydrogen-bond acceptors (Lipinski definition) is 2. The summed E-state index contributed by atoms with van der Waals surface area (Å²) in [6, 6.07) is -0.942. The van der Waals surface area contributed by atoms with Crippen LogP contribution in [0.15, 0.2) is 18.3 Å². The maximum atomic E-state index is 13.0. The Morgan fingerprint density at radius 1 is 1.58 bits per heavy atom. The van der Waals surface area contributed by atoms with Crippen molar-refractivity contribution in [3.8, 4) is 5.75 Å². The molecule has 1 rings (SSSR count). The Balaban J connectivity index is 3.27. The lowest BCUT2D eigenvalue weighted by atomic mass is 10.2. The zero-order chi connectivity index (χ0) is 11.8. The Morgan fingerprint density at radius 2 is 2.25 bits per heavy atom. The predicted octanol–water partition coefficient (Wildman–Crippen LogP) is 2.40. The second kappa shape index (κ2) is 3.09. The van der Waals surface area contributed by atoms with Crippen molar-refractivity contribution in [2.75, 3.05) is 0 Å². The SMILES string of the molecule is [2H]c1nc(F)c([2H])c(OC(C)(C)C)c1[2H]. The Hall–Kier alpha value is -1.12. The van der Waals surface area contributed by atoms with E-state index >= 15 is 0 Å². The monoisotopic (exact) mass is 172 g/mol. The lowest BCUT2D eigenvalue weighted by molar-refractivity contribution is 0.130. The highest BCUT2D eigenvalue weighted by Gasteiger charge is 2.11. The van der Waals surface area contributed by atoms with Crippen molar-refractivity contribution < 1.29 is 13.2 Å². The Kier molecular flexibility index (Phi) is 1.42. The molecule has 1 heterocycles. The predicted molar refractivity (Wildman–Crippen MR) is 44.6 cm³/mol. The second-order valence-electron chi connectivity index (χ2n) is 3.31. The molecule has 0 aliphatic heterocycles. The molecule has 0 spiro atoms. The van der Waals surface area contributed by atoms with Gasteiger partial charge in [-0.3, -0.25) is 0 Å². The van der Waals surface area contributed by atoms with Crippen molar-refractivity contribution in [1.29, 1.82) is 0 Å². The quantitative estimate of drug-likeness (QED) is 0.607. The van der Waals surface area contributed by atoms with Crippen LogP contribution in [0.4, 0.5) is 4.39 Å². The highest BCUT2D eigenvalue weighted by Crippen LogP contribution is 2.16. The Morgan fingerprint density at radius 3 is 2.83 bits per heavy atom. The summed E-state index contributed by atoms with van der Waals surface area (Å²) in [5.41, 5.74) is -0.647. The molecule has 0 aliphatic rings. The molecule has 0 aliphatic carbocycles. The van der Waals surface area contributed by atoms with Crippen molar-refractivity contribution in [2.45, 2.75) is 26.4 Å². The molecular weight excluding hydrogens is 157 g/mol. The van der Waals surface area contributed by atoms with Gasteiger partial charge in [-0.15, -0.1) is 0 Å². The van der Waals surface area contributed by atoms with Gasteiger partial charge in [-0.25, -0.2) is 4.98 Å². The molecule has 0 radical (unpaired) electrons. The van der Waals surface area contributed by atoms with Crippen molar-refractivity contribution in [3.63, 3.8) is 0 Å². The van der Waals surface area contributed by atoms with E-state index in [2.05, 4.69) is 4.98 Å². The molecule has 1 aromatic rings. The van der Waals surface area contributed by atoms with Crippen LogP contribution in [0.2, 0.25) is 0 Å². The van der Waals surface area contributed by atoms with E-state index in [-0.39, 0.29) is 11.8 Å². The first-order chi connectivity index (χ1) is 6.72. The third kappa shape index (κ3) is 2.86. The number of rotatable bonds is 1. The third-order valence-electron chi connectivity index (χ3n) is 0.948. The van der Waals surface area contributed by atoms with Crippen LogP contribution in [0.25, 0.3) is 0 Å². The smallest absolute Gasteiger partial charge is 0.216 e. The molecule has 0 N–H and O–H groups in total. The lowest BCUT2D eigenvalue weighted by Crippen LogP contribution is -2.22. The molecular formula is C9H12FNO. The van der Waals surface area contributed by atoms with Gasteiger partial charge in [0.1, 0.15) is 11.4 Å². The minimum atomic E-state index is -1.09. The zero-order valence-corrected chi connectivity index (χ0v) is 7.23. The van der Waals surface area contributed by atoms with E-state index in [4.69, 9.17) is 8.85 Å². The van der Waals surface area contributed by atoms with E-state index in [1.54, 1.807) is 20.8 Å². The van der Waals surface area contributed by atoms with Gasteiger partial charge in [0, 0.05) is 12.2 Å². The summed E-state index contributed by atoms with van der Waals surface area (Å²) in [7, 11) is 0. The maximum Gasteiger partial charge on any atom is 0.216 e. The number of nitrogens with zero attached hydrogens (tertiary/aromatic N) is 1. The lowest BCUT2D eigenvalue weighted by Gasteiger charge is -2.20. The highest BCUT2D eigenvalue weighted by molar-refractivity contribution is 5.18. The van der Waals surface area contributed by atoms with Gasteiger partial charge in [-0.2, -0.15) is 4.39 Å². The van der Waals surface area contributed by atoms with Gasteiger partial charge in [-0.05, 0) is 26.8 Å². The Labute approximate surface area is 75.6 Å². The molecule has 3 heteroatoms. The maximum absolute atomic E-state index is 13.0. The van der Waals surface area contributed by atoms with Crippen LogP contribution in [0, 0.1) is 5.95 Å². The second-order valence-corrected chi connectivity index (χ2v) is 3.31. The topological polar surface area (TPSA) is 22.1 Å². The normalized spacial score (nSPS) is 14.8. The third-order valence-corrected chi connectivity index (χ3v) is 0.948. The number of halogens is 1. The van der Waals surface area contributed by atoms with Crippen LogP contribution < -0.4 is 4.74 Å². The zero-order valence-electron chi connectivity index (χ0n) is 10.2. The summed E-state index contributed by atoms with van der Waals surface area (Å²) in [5, 5.41) is 0. The van der Waals surface area contributed by atoms with Crippen LogP contribution >= 0.6 is 0 Å². The van der Waals surface area contributed by atoms with Gasteiger partial charge in [0.15, 0.2) is 0 Å². The Bertz CT molecular complexity index is 364.